The molecule has 0 fully saturated rings. The Morgan fingerprint density at radius 1 is 0.364 bits per heavy atom. The topological polar surface area (TPSA) is 65.0 Å². The van der Waals surface area contributed by atoms with E-state index in [-0.39, 0.29) is 27.3 Å². The molecule has 0 bridgehead atoms. The van der Waals surface area contributed by atoms with Crippen molar-refractivity contribution in [1.82, 2.24) is 15.0 Å². The van der Waals surface area contributed by atoms with Gasteiger partial charge in [0.2, 0.25) is 0 Å². The van der Waals surface area contributed by atoms with Crippen LogP contribution < -0.4 is 27.3 Å². The number of hydrogen-bond acceptors (Lipinski definition) is 5. The molecule has 0 aliphatic heterocycles. The van der Waals surface area contributed by atoms with Crippen molar-refractivity contribution in [3.63, 3.8) is 0 Å². The first-order valence-corrected chi connectivity index (χ1v) is 17.6. The van der Waals surface area contributed by atoms with E-state index in [1.165, 1.54) is 0 Å². The lowest BCUT2D eigenvalue weighted by Gasteiger charge is -2.21. The minimum Gasteiger partial charge on any atom is -0.456 e. The van der Waals surface area contributed by atoms with Gasteiger partial charge >= 0.3 is 0 Å². The molecule has 244 valence electrons. The molecule has 0 N–H and O–H groups in total. The Labute approximate surface area is 322 Å². The monoisotopic (exact) mass is 691 g/mol. The predicted molar refractivity (Wildman–Crippen MR) is 229 cm³/mol. The summed E-state index contributed by atoms with van der Waals surface area (Å²) >= 11 is 0. The van der Waals surface area contributed by atoms with Gasteiger partial charge in [-0.2, -0.15) is 0 Å². The first-order chi connectivity index (χ1) is 26.8. The van der Waals surface area contributed by atoms with Gasteiger partial charge in [-0.05, 0) is 41.0 Å². The summed E-state index contributed by atoms with van der Waals surface area (Å²) in [6.07, 6.45) is 0. The number of para-hydroxylation sites is 2. The van der Waals surface area contributed by atoms with E-state index >= 15 is 0 Å². The van der Waals surface area contributed by atoms with Gasteiger partial charge in [-0.15, -0.1) is 16.4 Å². The van der Waals surface area contributed by atoms with Gasteiger partial charge in [-0.1, -0.05) is 120 Å². The molecule has 0 amide bonds. The lowest BCUT2D eigenvalue weighted by Crippen LogP contribution is -2.55. The van der Waals surface area contributed by atoms with Crippen molar-refractivity contribution in [3.8, 4) is 56.4 Å². The number of furan rings is 2. The maximum Gasteiger partial charge on any atom is 0.164 e. The fourth-order valence-corrected chi connectivity index (χ4v) is 7.45. The lowest BCUT2D eigenvalue weighted by atomic mass is 9.59. The van der Waals surface area contributed by atoms with Crippen molar-refractivity contribution in [1.29, 1.82) is 0 Å². The normalized spacial score (nSPS) is 11.6. The van der Waals surface area contributed by atoms with Crippen molar-refractivity contribution in [2.45, 2.75) is 0 Å². The second-order valence-electron chi connectivity index (χ2n) is 13.5. The predicted octanol–water partition coefficient (Wildman–Crippen LogP) is 5.97. The molecule has 10 aromatic rings. The van der Waals surface area contributed by atoms with Crippen LogP contribution in [0.5, 0.6) is 0 Å². The van der Waals surface area contributed by atoms with Gasteiger partial charge in [0.1, 0.15) is 61.6 Å². The van der Waals surface area contributed by atoms with Crippen LogP contribution in [0.4, 0.5) is 0 Å². The van der Waals surface area contributed by atoms with E-state index in [1.54, 1.807) is 0 Å². The van der Waals surface area contributed by atoms with E-state index < -0.39 is 0 Å². The largest absolute Gasteiger partial charge is 0.456 e. The fraction of sp³-hybridized carbons (Fsp3) is 0. The van der Waals surface area contributed by atoms with Gasteiger partial charge in [0.15, 0.2) is 17.5 Å². The van der Waals surface area contributed by atoms with Crippen LogP contribution in [0.1, 0.15) is 0 Å². The number of fused-ring (bicyclic) bond motifs is 6. The van der Waals surface area contributed by atoms with Crippen LogP contribution in [0.15, 0.2) is 142 Å². The Balaban J connectivity index is 1.10. The molecule has 0 spiro atoms. The first kappa shape index (κ1) is 33.1. The van der Waals surface area contributed by atoms with Gasteiger partial charge in [-0.25, -0.2) is 15.0 Å². The Morgan fingerprint density at radius 2 is 0.909 bits per heavy atom. The molecular formula is C45H22B5N3O2. The van der Waals surface area contributed by atoms with E-state index in [4.69, 9.17) is 63.0 Å². The molecule has 10 radical (unpaired) electrons. The molecule has 7 aromatic carbocycles. The maximum atomic E-state index is 6.53. The molecule has 0 saturated heterocycles. The standard InChI is InChI=1S/C45H22B5N3O2/c46-37-35(38(47)40(49)41(50)39(37)48)23-16-18-25(19-17-23)44-51-43(24-8-2-1-3-9-24)52-45(53-44)26-20-21-31-34(22-26)54-33-15-7-11-28(36(31)33)30-13-6-12-29-27-10-4-5-14-32(27)55-42(29)30/h1-22H. The van der Waals surface area contributed by atoms with Crippen molar-refractivity contribution < 1.29 is 8.83 Å². The van der Waals surface area contributed by atoms with Crippen molar-refractivity contribution in [3.05, 3.63) is 133 Å². The Hall–Kier alpha value is -6.53. The number of hydrogen-bond donors (Lipinski definition) is 0. The Morgan fingerprint density at radius 3 is 1.65 bits per heavy atom. The summed E-state index contributed by atoms with van der Waals surface area (Å²) in [5.74, 6) is 1.51. The number of aromatic nitrogens is 3. The molecule has 10 rings (SSSR count). The zero-order valence-corrected chi connectivity index (χ0v) is 29.2. The van der Waals surface area contributed by atoms with Gasteiger partial charge in [0.05, 0.1) is 0 Å². The van der Waals surface area contributed by atoms with Crippen LogP contribution in [-0.4, -0.2) is 54.2 Å². The molecule has 0 atom stereocenters. The molecule has 0 unspecified atom stereocenters. The average Bonchev–Trinajstić information content (AvgIpc) is 3.81. The van der Waals surface area contributed by atoms with Crippen molar-refractivity contribution in [2.24, 2.45) is 0 Å². The molecule has 5 nitrogen and oxygen atoms in total. The third kappa shape index (κ3) is 5.35. The van der Waals surface area contributed by atoms with Gasteiger partial charge in [0, 0.05) is 43.8 Å². The summed E-state index contributed by atoms with van der Waals surface area (Å²) in [5.41, 5.74) is 9.93. The zero-order chi connectivity index (χ0) is 37.4. The van der Waals surface area contributed by atoms with Gasteiger partial charge in [-0.3, -0.25) is 0 Å². The molecule has 3 heterocycles. The third-order valence-corrected chi connectivity index (χ3v) is 10.2. The minimum absolute atomic E-state index is 0.170. The van der Waals surface area contributed by atoms with Gasteiger partial charge < -0.3 is 8.83 Å². The number of rotatable bonds is 5. The van der Waals surface area contributed by atoms with Crippen molar-refractivity contribution in [2.75, 3.05) is 0 Å². The summed E-state index contributed by atoms with van der Waals surface area (Å²) < 4.78 is 13.0. The van der Waals surface area contributed by atoms with Crippen LogP contribution in [0.3, 0.4) is 0 Å². The summed E-state index contributed by atoms with van der Waals surface area (Å²) in [7, 11) is 31.0. The third-order valence-electron chi connectivity index (χ3n) is 10.2. The molecule has 3 aromatic heterocycles. The fourth-order valence-electron chi connectivity index (χ4n) is 7.45. The molecule has 55 heavy (non-hydrogen) atoms. The van der Waals surface area contributed by atoms with E-state index in [2.05, 4.69) is 36.4 Å². The summed E-state index contributed by atoms with van der Waals surface area (Å²) in [6, 6.07) is 43.9. The Kier molecular flexibility index (Phi) is 7.70. The second kappa shape index (κ2) is 12.8. The highest BCUT2D eigenvalue weighted by Crippen LogP contribution is 2.42. The quantitative estimate of drug-likeness (QED) is 0.208. The minimum atomic E-state index is 0.170. The highest BCUT2D eigenvalue weighted by atomic mass is 16.3. The highest BCUT2D eigenvalue weighted by Gasteiger charge is 2.20. The summed E-state index contributed by atoms with van der Waals surface area (Å²) in [6.45, 7) is 0. The van der Waals surface area contributed by atoms with E-state index in [0.717, 1.165) is 71.7 Å². The SMILES string of the molecule is [B]c1c([B])c([B])c(-c2ccc(-c3nc(-c4ccccc4)nc(-c4ccc5c(c4)oc4cccc(-c6cccc7c6oc6ccccc67)c45)n3)cc2)c([B])c1[B]. The molecule has 0 aliphatic carbocycles. The molecular weight excluding hydrogens is 669 g/mol. The highest BCUT2D eigenvalue weighted by molar-refractivity contribution is 6.68. The van der Waals surface area contributed by atoms with Gasteiger partial charge in [0.25, 0.3) is 0 Å². The van der Waals surface area contributed by atoms with Crippen LogP contribution in [0.25, 0.3) is 100 Å². The number of nitrogens with zero attached hydrogens (tertiary/aromatic N) is 3. The van der Waals surface area contributed by atoms with Crippen LogP contribution in [0.2, 0.25) is 0 Å². The zero-order valence-electron chi connectivity index (χ0n) is 29.2. The summed E-state index contributed by atoms with van der Waals surface area (Å²) in [5, 5.41) is 4.13. The van der Waals surface area contributed by atoms with Crippen molar-refractivity contribution >= 4 is 110 Å². The van der Waals surface area contributed by atoms with Crippen LogP contribution in [-0.2, 0) is 0 Å². The lowest BCUT2D eigenvalue weighted by molar-refractivity contribution is 0.669. The smallest absolute Gasteiger partial charge is 0.164 e. The van der Waals surface area contributed by atoms with E-state index in [1.807, 2.05) is 97.1 Å². The average molecular weight is 691 g/mol. The molecule has 10 heteroatoms. The van der Waals surface area contributed by atoms with E-state index in [0.29, 0.717) is 28.6 Å². The molecule has 0 saturated carbocycles. The second-order valence-corrected chi connectivity index (χ2v) is 13.5. The Bertz CT molecular complexity index is 3130. The number of benzene rings is 7. The maximum absolute atomic E-state index is 6.53. The van der Waals surface area contributed by atoms with Crippen LogP contribution >= 0.6 is 0 Å². The first-order valence-electron chi connectivity index (χ1n) is 17.6. The van der Waals surface area contributed by atoms with E-state index in [9.17, 15) is 0 Å². The van der Waals surface area contributed by atoms with Crippen LogP contribution in [0, 0.1) is 0 Å². The summed E-state index contributed by atoms with van der Waals surface area (Å²) in [4.78, 5) is 14.8. The molecule has 0 aliphatic rings.